The zero-order chi connectivity index (χ0) is 22.2. The van der Waals surface area contributed by atoms with Crippen molar-refractivity contribution in [1.82, 2.24) is 19.4 Å². The molecule has 4 aromatic rings. The van der Waals surface area contributed by atoms with E-state index < -0.39 is 0 Å². The average Bonchev–Trinajstić information content (AvgIpc) is 3.53. The lowest BCUT2D eigenvalue weighted by Gasteiger charge is -2.33. The van der Waals surface area contributed by atoms with Crippen molar-refractivity contribution in [3.63, 3.8) is 0 Å². The van der Waals surface area contributed by atoms with Crippen molar-refractivity contribution < 1.29 is 9.84 Å². The fourth-order valence-corrected chi connectivity index (χ4v) is 4.38. The Kier molecular flexibility index (Phi) is 5.01. The molecule has 1 aromatic carbocycles. The molecule has 0 saturated carbocycles. The maximum absolute atomic E-state index is 9.40. The number of pyridine rings is 1. The Balaban J connectivity index is 1.28. The molecule has 1 atom stereocenters. The van der Waals surface area contributed by atoms with Gasteiger partial charge in [-0.15, -0.1) is 0 Å². The Morgan fingerprint density at radius 3 is 2.97 bits per heavy atom. The van der Waals surface area contributed by atoms with Crippen LogP contribution in [0.3, 0.4) is 0 Å². The molecule has 8 heteroatoms. The predicted octanol–water partition coefficient (Wildman–Crippen LogP) is 3.30. The van der Waals surface area contributed by atoms with Crippen molar-refractivity contribution in [3.05, 3.63) is 72.5 Å². The third kappa shape index (κ3) is 3.83. The number of aromatic nitrogens is 4. The molecule has 2 N–H and O–H groups in total. The second-order valence-electron chi connectivity index (χ2n) is 8.30. The zero-order valence-corrected chi connectivity index (χ0v) is 18.1. The third-order valence-electron chi connectivity index (χ3n) is 6.12. The van der Waals surface area contributed by atoms with Crippen LogP contribution in [0.1, 0.15) is 11.3 Å². The van der Waals surface area contributed by atoms with Gasteiger partial charge in [0.05, 0.1) is 30.7 Å². The Morgan fingerprint density at radius 1 is 1.18 bits per heavy atom. The highest BCUT2D eigenvalue weighted by atomic mass is 16.5. The molecule has 0 radical (unpaired) electrons. The average molecular weight is 441 g/mol. The van der Waals surface area contributed by atoms with Gasteiger partial charge in [-0.05, 0) is 48.4 Å². The first kappa shape index (κ1) is 19.9. The number of fused-ring (bicyclic) bond motifs is 2. The first-order chi connectivity index (χ1) is 16.3. The van der Waals surface area contributed by atoms with Crippen molar-refractivity contribution in [2.45, 2.75) is 12.5 Å². The van der Waals surface area contributed by atoms with Crippen LogP contribution in [0.15, 0.2) is 61.2 Å². The van der Waals surface area contributed by atoms with E-state index in [1.807, 2.05) is 35.1 Å². The minimum Gasteiger partial charge on any atom is -0.394 e. The summed E-state index contributed by atoms with van der Waals surface area (Å²) in [5.74, 6) is 0.690. The van der Waals surface area contributed by atoms with Gasteiger partial charge in [0.1, 0.15) is 0 Å². The van der Waals surface area contributed by atoms with E-state index in [2.05, 4.69) is 50.5 Å². The number of imidazole rings is 1. The van der Waals surface area contributed by atoms with Crippen molar-refractivity contribution in [1.29, 1.82) is 0 Å². The highest BCUT2D eigenvalue weighted by Crippen LogP contribution is 2.28. The van der Waals surface area contributed by atoms with Crippen LogP contribution in [0, 0.1) is 0 Å². The number of morpholine rings is 1. The van der Waals surface area contributed by atoms with Crippen LogP contribution in [0.2, 0.25) is 0 Å². The number of ether oxygens (including phenoxy) is 1. The van der Waals surface area contributed by atoms with Gasteiger partial charge in [-0.1, -0.05) is 6.08 Å². The molecule has 2 aliphatic rings. The van der Waals surface area contributed by atoms with Gasteiger partial charge in [0.25, 0.3) is 0 Å². The van der Waals surface area contributed by atoms with Crippen LogP contribution in [-0.4, -0.2) is 56.9 Å². The van der Waals surface area contributed by atoms with Gasteiger partial charge >= 0.3 is 0 Å². The fourth-order valence-electron chi connectivity index (χ4n) is 4.38. The standard InChI is InChI=1S/C25H24N6O2/c32-16-21-14-30(10-11-33-21)20-6-4-19(5-7-20)28-24-25-26-8-9-31(25)15-23(29-24)18-12-17-2-1-3-22(17)27-13-18/h1,3-9,12-13,15,21,32H,2,10-11,14,16H2,(H,28,29)/t21-/m0/s1. The SMILES string of the molecule is OC[C@@H]1CN(c2ccc(Nc3nc(-c4cnc5c(c4)CC=C5)cn4ccnc34)cc2)CCO1. The summed E-state index contributed by atoms with van der Waals surface area (Å²) in [6.07, 6.45) is 12.5. The Labute approximate surface area is 191 Å². The summed E-state index contributed by atoms with van der Waals surface area (Å²) >= 11 is 0. The first-order valence-corrected chi connectivity index (χ1v) is 11.1. The van der Waals surface area contributed by atoms with Crippen LogP contribution in [0.5, 0.6) is 0 Å². The molecule has 8 nitrogen and oxygen atoms in total. The number of nitrogens with zero attached hydrogens (tertiary/aromatic N) is 5. The number of nitrogens with one attached hydrogen (secondary N) is 1. The fraction of sp³-hybridized carbons (Fsp3) is 0.240. The smallest absolute Gasteiger partial charge is 0.180 e. The van der Waals surface area contributed by atoms with Crippen molar-refractivity contribution in [3.8, 4) is 11.3 Å². The quantitative estimate of drug-likeness (QED) is 0.492. The summed E-state index contributed by atoms with van der Waals surface area (Å²) < 4.78 is 7.54. The second kappa shape index (κ2) is 8.31. The van der Waals surface area contributed by atoms with E-state index in [-0.39, 0.29) is 12.7 Å². The molecule has 1 saturated heterocycles. The van der Waals surface area contributed by atoms with E-state index in [0.717, 1.165) is 46.9 Å². The molecule has 4 heterocycles. The molecule has 33 heavy (non-hydrogen) atoms. The Hall–Kier alpha value is -3.75. The van der Waals surface area contributed by atoms with E-state index in [4.69, 9.17) is 9.72 Å². The topological polar surface area (TPSA) is 87.8 Å². The van der Waals surface area contributed by atoms with E-state index in [9.17, 15) is 5.11 Å². The second-order valence-corrected chi connectivity index (χ2v) is 8.30. The molecule has 166 valence electrons. The minimum atomic E-state index is -0.137. The van der Waals surface area contributed by atoms with Gasteiger partial charge in [0, 0.05) is 54.8 Å². The van der Waals surface area contributed by atoms with Crippen molar-refractivity contribution in [2.75, 3.05) is 36.5 Å². The molecule has 6 rings (SSSR count). The third-order valence-corrected chi connectivity index (χ3v) is 6.12. The summed E-state index contributed by atoms with van der Waals surface area (Å²) in [5.41, 5.74) is 6.87. The van der Waals surface area contributed by atoms with E-state index in [0.29, 0.717) is 19.0 Å². The number of aliphatic hydroxyl groups is 1. The molecule has 1 aliphatic heterocycles. The molecule has 1 fully saturated rings. The maximum Gasteiger partial charge on any atom is 0.180 e. The number of rotatable bonds is 5. The molecule has 0 unspecified atom stereocenters. The number of benzene rings is 1. The van der Waals surface area contributed by atoms with Gasteiger partial charge in [-0.2, -0.15) is 0 Å². The van der Waals surface area contributed by atoms with Gasteiger partial charge in [0.15, 0.2) is 11.5 Å². The first-order valence-electron chi connectivity index (χ1n) is 11.1. The molecule has 3 aromatic heterocycles. The maximum atomic E-state index is 9.40. The number of allylic oxidation sites excluding steroid dienone is 1. The molecular weight excluding hydrogens is 416 g/mol. The number of hydrogen-bond donors (Lipinski definition) is 2. The summed E-state index contributed by atoms with van der Waals surface area (Å²) in [5, 5.41) is 12.8. The monoisotopic (exact) mass is 440 g/mol. The van der Waals surface area contributed by atoms with Crippen LogP contribution in [0.25, 0.3) is 23.0 Å². The van der Waals surface area contributed by atoms with E-state index in [1.165, 1.54) is 5.56 Å². The molecule has 0 amide bonds. The minimum absolute atomic E-state index is 0.0364. The highest BCUT2D eigenvalue weighted by Gasteiger charge is 2.20. The molecule has 0 spiro atoms. The van der Waals surface area contributed by atoms with Gasteiger partial charge in [-0.25, -0.2) is 9.97 Å². The van der Waals surface area contributed by atoms with Gasteiger partial charge < -0.3 is 24.5 Å². The lowest BCUT2D eigenvalue weighted by atomic mass is 10.1. The summed E-state index contributed by atoms with van der Waals surface area (Å²) in [6, 6.07) is 10.4. The van der Waals surface area contributed by atoms with Crippen LogP contribution in [0.4, 0.5) is 17.2 Å². The lowest BCUT2D eigenvalue weighted by molar-refractivity contribution is 0.00357. The molecule has 0 bridgehead atoms. The van der Waals surface area contributed by atoms with Gasteiger partial charge in [0.2, 0.25) is 0 Å². The van der Waals surface area contributed by atoms with E-state index >= 15 is 0 Å². The molecule has 1 aliphatic carbocycles. The van der Waals surface area contributed by atoms with E-state index in [1.54, 1.807) is 6.20 Å². The Morgan fingerprint density at radius 2 is 2.09 bits per heavy atom. The molecular formula is C25H24N6O2. The normalized spacial score (nSPS) is 17.5. The lowest BCUT2D eigenvalue weighted by Crippen LogP contribution is -2.44. The highest BCUT2D eigenvalue weighted by molar-refractivity contribution is 5.75. The van der Waals surface area contributed by atoms with Crippen molar-refractivity contribution >= 4 is 28.9 Å². The number of aliphatic hydroxyl groups excluding tert-OH is 1. The zero-order valence-electron chi connectivity index (χ0n) is 18.1. The summed E-state index contributed by atoms with van der Waals surface area (Å²) in [7, 11) is 0. The summed E-state index contributed by atoms with van der Waals surface area (Å²) in [6.45, 7) is 2.15. The van der Waals surface area contributed by atoms with Crippen LogP contribution in [-0.2, 0) is 11.2 Å². The predicted molar refractivity (Wildman–Crippen MR) is 128 cm³/mol. The Bertz CT molecular complexity index is 1330. The van der Waals surface area contributed by atoms with Crippen molar-refractivity contribution in [2.24, 2.45) is 0 Å². The number of anilines is 3. The van der Waals surface area contributed by atoms with Crippen LogP contribution < -0.4 is 10.2 Å². The van der Waals surface area contributed by atoms with Gasteiger partial charge in [-0.3, -0.25) is 4.98 Å². The number of hydrogen-bond acceptors (Lipinski definition) is 7. The largest absolute Gasteiger partial charge is 0.394 e. The van der Waals surface area contributed by atoms with Crippen LogP contribution >= 0.6 is 0 Å². The summed E-state index contributed by atoms with van der Waals surface area (Å²) in [4.78, 5) is 16.2.